The maximum Gasteiger partial charge on any atom is 0.257 e. The van der Waals surface area contributed by atoms with Crippen LogP contribution in [0.5, 0.6) is 5.75 Å². The molecule has 2 aromatic rings. The third-order valence-corrected chi connectivity index (χ3v) is 4.19. The molecule has 0 spiro atoms. The van der Waals surface area contributed by atoms with Crippen LogP contribution in [0.4, 0.5) is 5.00 Å². The number of hydrogen-bond donors (Lipinski definition) is 3. The van der Waals surface area contributed by atoms with Crippen LogP contribution in [0.25, 0.3) is 11.6 Å². The van der Waals surface area contributed by atoms with Gasteiger partial charge in [0.05, 0.1) is 24.8 Å². The van der Waals surface area contributed by atoms with Crippen molar-refractivity contribution in [3.05, 3.63) is 34.5 Å². The Morgan fingerprint density at radius 3 is 3.05 bits per heavy atom. The Hall–Kier alpha value is -2.54. The smallest absolute Gasteiger partial charge is 0.257 e. The minimum Gasteiger partial charge on any atom is -0.495 e. The van der Waals surface area contributed by atoms with Gasteiger partial charge in [0.1, 0.15) is 10.8 Å². The molecule has 3 rings (SSSR count). The van der Waals surface area contributed by atoms with Crippen LogP contribution in [0.2, 0.25) is 0 Å². The molecule has 0 aliphatic carbocycles. The Morgan fingerprint density at radius 1 is 1.52 bits per heavy atom. The molecule has 108 valence electrons. The first kappa shape index (κ1) is 13.4. The average molecular weight is 303 g/mol. The second-order valence-electron chi connectivity index (χ2n) is 4.57. The molecule has 0 aromatic carbocycles. The summed E-state index contributed by atoms with van der Waals surface area (Å²) in [6.45, 7) is 0. The fraction of sp³-hybridized carbons (Fsp3) is 0.143. The summed E-state index contributed by atoms with van der Waals surface area (Å²) in [5, 5.41) is 3.54. The average Bonchev–Trinajstić information content (AvgIpc) is 3.07. The number of nitrogens with two attached hydrogens (primary N) is 1. The van der Waals surface area contributed by atoms with Crippen molar-refractivity contribution >= 4 is 39.8 Å². The van der Waals surface area contributed by atoms with Crippen molar-refractivity contribution in [3.8, 4) is 5.75 Å². The van der Waals surface area contributed by atoms with Crippen LogP contribution >= 0.6 is 11.3 Å². The number of anilines is 1. The van der Waals surface area contributed by atoms with Gasteiger partial charge < -0.3 is 20.8 Å². The summed E-state index contributed by atoms with van der Waals surface area (Å²) in [7, 11) is 1.57. The van der Waals surface area contributed by atoms with Crippen molar-refractivity contribution in [2.75, 3.05) is 12.4 Å². The predicted octanol–water partition coefficient (Wildman–Crippen LogP) is 1.61. The number of carbonyl (C=O) groups excluding carboxylic acids is 2. The van der Waals surface area contributed by atoms with E-state index in [1.165, 1.54) is 11.3 Å². The summed E-state index contributed by atoms with van der Waals surface area (Å²) in [5.74, 6) is 0.104. The van der Waals surface area contributed by atoms with E-state index in [9.17, 15) is 9.59 Å². The molecule has 2 aromatic heterocycles. The van der Waals surface area contributed by atoms with E-state index in [0.29, 0.717) is 11.3 Å². The zero-order valence-electron chi connectivity index (χ0n) is 11.2. The van der Waals surface area contributed by atoms with Crippen LogP contribution in [0, 0.1) is 0 Å². The van der Waals surface area contributed by atoms with Gasteiger partial charge in [-0.1, -0.05) is 0 Å². The highest BCUT2D eigenvalue weighted by molar-refractivity contribution is 7.17. The van der Waals surface area contributed by atoms with Gasteiger partial charge in [-0.05, 0) is 18.2 Å². The molecule has 1 aliphatic rings. The number of carbonyl (C=O) groups is 2. The summed E-state index contributed by atoms with van der Waals surface area (Å²) in [6, 6.07) is 3.61. The van der Waals surface area contributed by atoms with Crippen LogP contribution in [0.1, 0.15) is 16.1 Å². The lowest BCUT2D eigenvalue weighted by Gasteiger charge is -1.99. The Kier molecular flexibility index (Phi) is 3.26. The number of primary amides is 1. The molecule has 0 fully saturated rings. The predicted molar refractivity (Wildman–Crippen MR) is 81.1 cm³/mol. The van der Waals surface area contributed by atoms with E-state index in [-0.39, 0.29) is 12.3 Å². The molecule has 0 bridgehead atoms. The summed E-state index contributed by atoms with van der Waals surface area (Å²) in [4.78, 5) is 26.9. The fourth-order valence-electron chi connectivity index (χ4n) is 2.23. The van der Waals surface area contributed by atoms with E-state index >= 15 is 0 Å². The standard InChI is InChI=1S/C14H13N3O3S/c1-20-11-2-3-16-10(11)6-8-9-4-7(5-12(15)18)21-14(9)17-13(8)19/h2-4,6,16H,5H2,1H3,(H2,15,18)(H,17,19)/b8-6-. The van der Waals surface area contributed by atoms with Crippen LogP contribution < -0.4 is 15.8 Å². The molecule has 0 atom stereocenters. The number of H-pyrrole nitrogens is 1. The monoisotopic (exact) mass is 303 g/mol. The topological polar surface area (TPSA) is 97.2 Å². The Balaban J connectivity index is 1.99. The highest BCUT2D eigenvalue weighted by atomic mass is 32.1. The van der Waals surface area contributed by atoms with Gasteiger partial charge >= 0.3 is 0 Å². The van der Waals surface area contributed by atoms with Crippen LogP contribution in [0.3, 0.4) is 0 Å². The van der Waals surface area contributed by atoms with E-state index < -0.39 is 5.91 Å². The maximum atomic E-state index is 12.0. The summed E-state index contributed by atoms with van der Waals surface area (Å²) in [6.07, 6.45) is 3.65. The molecule has 4 N–H and O–H groups in total. The first-order chi connectivity index (χ1) is 10.1. The first-order valence-electron chi connectivity index (χ1n) is 6.24. The third-order valence-electron chi connectivity index (χ3n) is 3.14. The number of ether oxygens (including phenoxy) is 1. The van der Waals surface area contributed by atoms with Crippen molar-refractivity contribution in [3.63, 3.8) is 0 Å². The van der Waals surface area contributed by atoms with Crippen molar-refractivity contribution < 1.29 is 14.3 Å². The number of aromatic amines is 1. The largest absolute Gasteiger partial charge is 0.495 e. The quantitative estimate of drug-likeness (QED) is 0.748. The highest BCUT2D eigenvalue weighted by Crippen LogP contribution is 2.40. The number of hydrogen-bond acceptors (Lipinski definition) is 4. The van der Waals surface area contributed by atoms with Gasteiger partial charge in [0.15, 0.2) is 0 Å². The minimum atomic E-state index is -0.391. The fourth-order valence-corrected chi connectivity index (χ4v) is 3.31. The molecular formula is C14H13N3O3S. The zero-order valence-corrected chi connectivity index (χ0v) is 12.0. The van der Waals surface area contributed by atoms with Gasteiger partial charge in [-0.3, -0.25) is 9.59 Å². The number of rotatable bonds is 4. The summed E-state index contributed by atoms with van der Waals surface area (Å²) in [5.41, 5.74) is 7.25. The lowest BCUT2D eigenvalue weighted by molar-refractivity contribution is -0.117. The number of nitrogens with one attached hydrogen (secondary N) is 2. The van der Waals surface area contributed by atoms with E-state index in [1.54, 1.807) is 25.4 Å². The number of fused-ring (bicyclic) bond motifs is 1. The van der Waals surface area contributed by atoms with E-state index in [1.807, 2.05) is 6.07 Å². The summed E-state index contributed by atoms with van der Waals surface area (Å²) >= 11 is 1.37. The molecule has 0 saturated heterocycles. The minimum absolute atomic E-state index is 0.168. The molecule has 21 heavy (non-hydrogen) atoms. The molecule has 0 unspecified atom stereocenters. The van der Waals surface area contributed by atoms with Gasteiger partial charge in [-0.15, -0.1) is 11.3 Å². The van der Waals surface area contributed by atoms with Crippen LogP contribution in [-0.4, -0.2) is 23.9 Å². The lowest BCUT2D eigenvalue weighted by atomic mass is 10.1. The Morgan fingerprint density at radius 2 is 2.33 bits per heavy atom. The Bertz CT molecular complexity index is 757. The first-order valence-corrected chi connectivity index (χ1v) is 7.06. The van der Waals surface area contributed by atoms with Gasteiger partial charge in [-0.25, -0.2) is 0 Å². The molecule has 7 heteroatoms. The summed E-state index contributed by atoms with van der Waals surface area (Å²) < 4.78 is 5.21. The van der Waals surface area contributed by atoms with Gasteiger partial charge in [-0.2, -0.15) is 0 Å². The number of thiophene rings is 1. The molecule has 3 heterocycles. The SMILES string of the molecule is COc1cc[nH]c1/C=C1\C(=O)Nc2sc(CC(N)=O)cc21. The number of amides is 2. The molecule has 6 nitrogen and oxygen atoms in total. The molecule has 1 aliphatic heterocycles. The van der Waals surface area contributed by atoms with E-state index in [0.717, 1.165) is 21.1 Å². The normalized spacial score (nSPS) is 15.1. The van der Waals surface area contributed by atoms with Gasteiger partial charge in [0.25, 0.3) is 5.91 Å². The zero-order chi connectivity index (χ0) is 15.0. The van der Waals surface area contributed by atoms with E-state index in [4.69, 9.17) is 10.5 Å². The van der Waals surface area contributed by atoms with Crippen LogP contribution in [-0.2, 0) is 16.0 Å². The van der Waals surface area contributed by atoms with Crippen molar-refractivity contribution in [2.24, 2.45) is 5.73 Å². The van der Waals surface area contributed by atoms with Gasteiger partial charge in [0.2, 0.25) is 5.91 Å². The number of aromatic nitrogens is 1. The molecule has 0 saturated carbocycles. The van der Waals surface area contributed by atoms with E-state index in [2.05, 4.69) is 10.3 Å². The second-order valence-corrected chi connectivity index (χ2v) is 5.71. The highest BCUT2D eigenvalue weighted by Gasteiger charge is 2.27. The lowest BCUT2D eigenvalue weighted by Crippen LogP contribution is -2.12. The van der Waals surface area contributed by atoms with Crippen molar-refractivity contribution in [1.29, 1.82) is 0 Å². The molecule has 0 radical (unpaired) electrons. The Labute approximate surface area is 124 Å². The number of methoxy groups -OCH3 is 1. The second kappa shape index (κ2) is 5.10. The maximum absolute atomic E-state index is 12.0. The molecular weight excluding hydrogens is 290 g/mol. The van der Waals surface area contributed by atoms with Crippen LogP contribution in [0.15, 0.2) is 18.3 Å². The van der Waals surface area contributed by atoms with Crippen molar-refractivity contribution in [2.45, 2.75) is 6.42 Å². The van der Waals surface area contributed by atoms with Gasteiger partial charge in [0, 0.05) is 16.6 Å². The molecule has 2 amide bonds. The third kappa shape index (κ3) is 2.43. The van der Waals surface area contributed by atoms with Crippen molar-refractivity contribution in [1.82, 2.24) is 4.98 Å².